The van der Waals surface area contributed by atoms with Crippen LogP contribution in [0.4, 0.5) is 0 Å². The van der Waals surface area contributed by atoms with Crippen LogP contribution in [0.25, 0.3) is 0 Å². The summed E-state index contributed by atoms with van der Waals surface area (Å²) in [5.74, 6) is -1.38. The monoisotopic (exact) mass is 342 g/mol. The smallest absolute Gasteiger partial charge is 0.345 e. The molecule has 0 radical (unpaired) electrons. The summed E-state index contributed by atoms with van der Waals surface area (Å²) in [4.78, 5) is 23.0. The molecule has 0 aliphatic rings. The SMILES string of the molecule is CCCCCCCCCC(=O)OC(CCCCCCCC)C(=O)O. The number of unbranched alkanes of at least 4 members (excludes halogenated alkanes) is 11. The van der Waals surface area contributed by atoms with Crippen LogP contribution in [0.15, 0.2) is 0 Å². The van der Waals surface area contributed by atoms with Gasteiger partial charge in [-0.1, -0.05) is 84.5 Å². The molecule has 0 aromatic heterocycles. The van der Waals surface area contributed by atoms with E-state index in [-0.39, 0.29) is 5.97 Å². The zero-order valence-corrected chi connectivity index (χ0v) is 15.9. The highest BCUT2D eigenvalue weighted by molar-refractivity contribution is 5.77. The highest BCUT2D eigenvalue weighted by atomic mass is 16.6. The fraction of sp³-hybridized carbons (Fsp3) is 0.900. The van der Waals surface area contributed by atoms with Crippen molar-refractivity contribution in [1.82, 2.24) is 0 Å². The molecule has 0 heterocycles. The lowest BCUT2D eigenvalue weighted by Crippen LogP contribution is -2.27. The zero-order chi connectivity index (χ0) is 18.0. The molecule has 0 saturated carbocycles. The van der Waals surface area contributed by atoms with Gasteiger partial charge in [0.15, 0.2) is 6.10 Å². The van der Waals surface area contributed by atoms with Crippen LogP contribution in [0.3, 0.4) is 0 Å². The molecule has 4 heteroatoms. The van der Waals surface area contributed by atoms with Crippen molar-refractivity contribution in [1.29, 1.82) is 0 Å². The summed E-state index contributed by atoms with van der Waals surface area (Å²) in [6.07, 6.45) is 14.4. The third-order valence-electron chi connectivity index (χ3n) is 4.35. The van der Waals surface area contributed by atoms with Crippen LogP contribution in [0.5, 0.6) is 0 Å². The molecule has 0 fully saturated rings. The van der Waals surface area contributed by atoms with Gasteiger partial charge in [-0.15, -0.1) is 0 Å². The summed E-state index contributed by atoms with van der Waals surface area (Å²) in [7, 11) is 0. The van der Waals surface area contributed by atoms with Crippen molar-refractivity contribution in [3.8, 4) is 0 Å². The Morgan fingerprint density at radius 2 is 1.21 bits per heavy atom. The minimum absolute atomic E-state index is 0.341. The number of esters is 1. The van der Waals surface area contributed by atoms with Crippen LogP contribution < -0.4 is 0 Å². The first-order valence-corrected chi connectivity index (χ1v) is 10.0. The first kappa shape index (κ1) is 22.9. The molecule has 0 rings (SSSR count). The van der Waals surface area contributed by atoms with Crippen molar-refractivity contribution in [2.24, 2.45) is 0 Å². The van der Waals surface area contributed by atoms with E-state index in [4.69, 9.17) is 4.74 Å². The third kappa shape index (κ3) is 14.5. The van der Waals surface area contributed by atoms with Crippen LogP contribution >= 0.6 is 0 Å². The van der Waals surface area contributed by atoms with Gasteiger partial charge in [-0.25, -0.2) is 4.79 Å². The molecule has 0 amide bonds. The molecule has 4 nitrogen and oxygen atoms in total. The zero-order valence-electron chi connectivity index (χ0n) is 15.9. The van der Waals surface area contributed by atoms with E-state index in [0.717, 1.165) is 38.5 Å². The Labute approximate surface area is 148 Å². The molecule has 0 spiro atoms. The topological polar surface area (TPSA) is 63.6 Å². The van der Waals surface area contributed by atoms with E-state index in [1.54, 1.807) is 0 Å². The maximum Gasteiger partial charge on any atom is 0.345 e. The largest absolute Gasteiger partial charge is 0.479 e. The predicted octanol–water partition coefficient (Wildman–Crippen LogP) is 5.87. The maximum atomic E-state index is 11.8. The van der Waals surface area contributed by atoms with Crippen LogP contribution in [-0.4, -0.2) is 23.1 Å². The Kier molecular flexibility index (Phi) is 16.0. The number of carbonyl (C=O) groups is 2. The van der Waals surface area contributed by atoms with Gasteiger partial charge in [0.05, 0.1) is 0 Å². The van der Waals surface area contributed by atoms with Crippen LogP contribution in [0.2, 0.25) is 0 Å². The lowest BCUT2D eigenvalue weighted by molar-refractivity contribution is -0.164. The van der Waals surface area contributed by atoms with E-state index in [2.05, 4.69) is 13.8 Å². The number of hydrogen-bond acceptors (Lipinski definition) is 3. The highest BCUT2D eigenvalue weighted by Crippen LogP contribution is 2.13. The van der Waals surface area contributed by atoms with Crippen molar-refractivity contribution >= 4 is 11.9 Å². The molecule has 24 heavy (non-hydrogen) atoms. The van der Waals surface area contributed by atoms with Gasteiger partial charge < -0.3 is 9.84 Å². The highest BCUT2D eigenvalue weighted by Gasteiger charge is 2.21. The summed E-state index contributed by atoms with van der Waals surface area (Å²) in [6.45, 7) is 4.37. The average Bonchev–Trinajstić information content (AvgIpc) is 2.55. The quantitative estimate of drug-likeness (QED) is 0.265. The number of aliphatic carboxylic acids is 1. The lowest BCUT2D eigenvalue weighted by Gasteiger charge is -2.13. The Bertz CT molecular complexity index is 315. The first-order chi connectivity index (χ1) is 11.6. The standard InChI is InChI=1S/C20H38O4/c1-3-5-7-9-11-13-15-17-19(21)24-18(20(22)23)16-14-12-10-8-6-4-2/h18H,3-17H2,1-2H3,(H,22,23). The van der Waals surface area contributed by atoms with E-state index in [0.29, 0.717) is 12.8 Å². The molecule has 1 atom stereocenters. The van der Waals surface area contributed by atoms with Gasteiger partial charge in [0.2, 0.25) is 0 Å². The molecular formula is C20H38O4. The van der Waals surface area contributed by atoms with Gasteiger partial charge in [-0.05, 0) is 19.3 Å². The minimum Gasteiger partial charge on any atom is -0.479 e. The van der Waals surface area contributed by atoms with Gasteiger partial charge in [0.25, 0.3) is 0 Å². The van der Waals surface area contributed by atoms with E-state index in [1.165, 1.54) is 44.9 Å². The number of carboxylic acids is 1. The minimum atomic E-state index is -1.02. The van der Waals surface area contributed by atoms with Gasteiger partial charge >= 0.3 is 11.9 Å². The summed E-state index contributed by atoms with van der Waals surface area (Å²) in [5.41, 5.74) is 0. The normalized spacial score (nSPS) is 12.1. The van der Waals surface area contributed by atoms with E-state index >= 15 is 0 Å². The summed E-state index contributed by atoms with van der Waals surface area (Å²) >= 11 is 0. The molecule has 1 unspecified atom stereocenters. The molecule has 0 aromatic rings. The van der Waals surface area contributed by atoms with Crippen molar-refractivity contribution < 1.29 is 19.4 Å². The molecule has 1 N–H and O–H groups in total. The Hall–Kier alpha value is -1.06. The summed E-state index contributed by atoms with van der Waals surface area (Å²) in [6, 6.07) is 0. The molecule has 0 bridgehead atoms. The fourth-order valence-electron chi connectivity index (χ4n) is 2.79. The Morgan fingerprint density at radius 1 is 0.750 bits per heavy atom. The third-order valence-corrected chi connectivity index (χ3v) is 4.35. The number of carbonyl (C=O) groups excluding carboxylic acids is 1. The average molecular weight is 343 g/mol. The predicted molar refractivity (Wildman–Crippen MR) is 98.1 cm³/mol. The van der Waals surface area contributed by atoms with Crippen molar-refractivity contribution in [2.75, 3.05) is 0 Å². The second-order valence-electron chi connectivity index (χ2n) is 6.74. The van der Waals surface area contributed by atoms with E-state index < -0.39 is 12.1 Å². The van der Waals surface area contributed by atoms with Crippen LogP contribution in [0, 0.1) is 0 Å². The number of rotatable bonds is 17. The Morgan fingerprint density at radius 3 is 1.71 bits per heavy atom. The molecular weight excluding hydrogens is 304 g/mol. The van der Waals surface area contributed by atoms with Gasteiger partial charge in [-0.2, -0.15) is 0 Å². The van der Waals surface area contributed by atoms with E-state index in [1.807, 2.05) is 0 Å². The van der Waals surface area contributed by atoms with Gasteiger partial charge in [0.1, 0.15) is 0 Å². The Balaban J connectivity index is 3.73. The molecule has 0 saturated heterocycles. The second-order valence-corrected chi connectivity index (χ2v) is 6.74. The van der Waals surface area contributed by atoms with Crippen molar-refractivity contribution in [2.45, 2.75) is 116 Å². The number of carboxylic acid groups (broad SMARTS) is 1. The lowest BCUT2D eigenvalue weighted by atomic mass is 10.1. The molecule has 0 aromatic carbocycles. The molecule has 0 aliphatic heterocycles. The molecule has 0 aliphatic carbocycles. The second kappa shape index (κ2) is 16.8. The van der Waals surface area contributed by atoms with Gasteiger partial charge in [-0.3, -0.25) is 4.79 Å². The summed E-state index contributed by atoms with van der Waals surface area (Å²) in [5, 5.41) is 9.18. The van der Waals surface area contributed by atoms with E-state index in [9.17, 15) is 14.7 Å². The summed E-state index contributed by atoms with van der Waals surface area (Å²) < 4.78 is 5.15. The van der Waals surface area contributed by atoms with Crippen LogP contribution in [-0.2, 0) is 14.3 Å². The van der Waals surface area contributed by atoms with Crippen molar-refractivity contribution in [3.05, 3.63) is 0 Å². The maximum absolute atomic E-state index is 11.8. The van der Waals surface area contributed by atoms with Crippen molar-refractivity contribution in [3.63, 3.8) is 0 Å². The van der Waals surface area contributed by atoms with Gasteiger partial charge in [0, 0.05) is 6.42 Å². The molecule has 142 valence electrons. The first-order valence-electron chi connectivity index (χ1n) is 10.0. The fourth-order valence-corrected chi connectivity index (χ4v) is 2.79. The van der Waals surface area contributed by atoms with Crippen LogP contribution in [0.1, 0.15) is 110 Å². The number of hydrogen-bond donors (Lipinski definition) is 1. The number of ether oxygens (including phenoxy) is 1.